The molecule has 0 atom stereocenters. The zero-order valence-corrected chi connectivity index (χ0v) is 16.1. The molecule has 0 aliphatic rings. The topological polar surface area (TPSA) is 58.5 Å². The fourth-order valence-electron chi connectivity index (χ4n) is 2.33. The summed E-state index contributed by atoms with van der Waals surface area (Å²) in [5, 5.41) is 9.39. The zero-order chi connectivity index (χ0) is 19.7. The lowest BCUT2D eigenvalue weighted by Crippen LogP contribution is -2.37. The highest BCUT2D eigenvalue weighted by atomic mass is 32.1. The van der Waals surface area contributed by atoms with Gasteiger partial charge in [-0.25, -0.2) is 9.98 Å². The Balaban J connectivity index is 1.91. The average Bonchev–Trinajstić information content (AvgIpc) is 3.01. The van der Waals surface area contributed by atoms with Crippen LogP contribution in [-0.4, -0.2) is 30.4 Å². The van der Waals surface area contributed by atoms with Crippen LogP contribution in [0.4, 0.5) is 13.2 Å². The lowest BCUT2D eigenvalue weighted by Gasteiger charge is -2.13. The molecule has 1 aromatic carbocycles. The molecule has 0 spiro atoms. The molecule has 0 aliphatic carbocycles. The number of aromatic nitrogens is 1. The Morgan fingerprint density at radius 1 is 1.26 bits per heavy atom. The van der Waals surface area contributed by atoms with Gasteiger partial charge in [0.15, 0.2) is 5.96 Å². The number of aliphatic imine (C=N–C) groups is 1. The van der Waals surface area contributed by atoms with Crippen molar-refractivity contribution in [1.29, 1.82) is 0 Å². The molecule has 2 aromatic rings. The number of halogens is 3. The minimum atomic E-state index is -4.73. The van der Waals surface area contributed by atoms with Crippen LogP contribution in [0.1, 0.15) is 29.6 Å². The molecule has 0 bridgehead atoms. The summed E-state index contributed by atoms with van der Waals surface area (Å²) in [5.41, 5.74) is 1.39. The largest absolute Gasteiger partial charge is 0.573 e. The molecule has 0 saturated heterocycles. The van der Waals surface area contributed by atoms with E-state index in [0.717, 1.165) is 23.5 Å². The molecule has 27 heavy (non-hydrogen) atoms. The van der Waals surface area contributed by atoms with Gasteiger partial charge in [0.25, 0.3) is 0 Å². The van der Waals surface area contributed by atoms with Gasteiger partial charge in [0.2, 0.25) is 0 Å². The summed E-state index contributed by atoms with van der Waals surface area (Å²) in [5.74, 6) is 0.318. The van der Waals surface area contributed by atoms with Crippen LogP contribution in [0, 0.1) is 6.92 Å². The minimum absolute atomic E-state index is 0.0766. The first-order valence-electron chi connectivity index (χ1n) is 8.64. The molecule has 0 aliphatic heterocycles. The van der Waals surface area contributed by atoms with Crippen molar-refractivity contribution in [2.75, 3.05) is 13.1 Å². The van der Waals surface area contributed by atoms with Crippen molar-refractivity contribution < 1.29 is 17.9 Å². The van der Waals surface area contributed by atoms with E-state index in [2.05, 4.69) is 25.3 Å². The number of para-hydroxylation sites is 1. The number of alkyl halides is 3. The third-order valence-corrected chi connectivity index (χ3v) is 4.50. The third kappa shape index (κ3) is 7.86. The predicted octanol–water partition coefficient (Wildman–Crippen LogP) is 4.04. The van der Waals surface area contributed by atoms with Crippen LogP contribution in [-0.2, 0) is 13.0 Å². The molecule has 9 heteroatoms. The van der Waals surface area contributed by atoms with Gasteiger partial charge in [0, 0.05) is 36.1 Å². The molecule has 148 valence electrons. The van der Waals surface area contributed by atoms with Crippen LogP contribution in [0.15, 0.2) is 34.6 Å². The van der Waals surface area contributed by atoms with E-state index in [0.29, 0.717) is 24.6 Å². The number of nitrogens with zero attached hydrogens (tertiary/aromatic N) is 2. The molecule has 1 aromatic heterocycles. The van der Waals surface area contributed by atoms with E-state index in [4.69, 9.17) is 0 Å². The second-order valence-electron chi connectivity index (χ2n) is 5.76. The Bertz CT molecular complexity index is 746. The van der Waals surface area contributed by atoms with Crippen molar-refractivity contribution >= 4 is 17.3 Å². The molecule has 0 unspecified atom stereocenters. The van der Waals surface area contributed by atoms with E-state index >= 15 is 0 Å². The average molecular weight is 400 g/mol. The Hall–Kier alpha value is -2.29. The lowest BCUT2D eigenvalue weighted by atomic mass is 10.2. The summed E-state index contributed by atoms with van der Waals surface area (Å²) < 4.78 is 41.6. The molecule has 1 heterocycles. The minimum Gasteiger partial charge on any atom is -0.405 e. The van der Waals surface area contributed by atoms with Gasteiger partial charge in [-0.15, -0.1) is 24.5 Å². The molecule has 0 fully saturated rings. The van der Waals surface area contributed by atoms with Crippen LogP contribution < -0.4 is 15.4 Å². The number of hydrogen-bond acceptors (Lipinski definition) is 4. The van der Waals surface area contributed by atoms with Gasteiger partial charge < -0.3 is 15.4 Å². The van der Waals surface area contributed by atoms with Crippen LogP contribution in [0.3, 0.4) is 0 Å². The first-order chi connectivity index (χ1) is 12.9. The van der Waals surface area contributed by atoms with Gasteiger partial charge in [0.1, 0.15) is 5.75 Å². The van der Waals surface area contributed by atoms with Gasteiger partial charge in [-0.05, 0) is 26.3 Å². The summed E-state index contributed by atoms with van der Waals surface area (Å²) in [6, 6.07) is 6.01. The quantitative estimate of drug-likeness (QED) is 0.399. The molecular formula is C18H23F3N4OS. The maximum absolute atomic E-state index is 12.5. The normalized spacial score (nSPS) is 12.1. The molecule has 0 amide bonds. The van der Waals surface area contributed by atoms with Gasteiger partial charge in [-0.2, -0.15) is 0 Å². The summed E-state index contributed by atoms with van der Waals surface area (Å²) in [6.45, 7) is 5.31. The summed E-state index contributed by atoms with van der Waals surface area (Å²) in [6.07, 6.45) is -2.98. The molecular weight excluding hydrogens is 377 g/mol. The highest BCUT2D eigenvalue weighted by molar-refractivity contribution is 7.09. The maximum atomic E-state index is 12.5. The smallest absolute Gasteiger partial charge is 0.405 e. The standard InChI is InChI=1S/C18H23F3N4OS/c1-3-22-17(23-10-6-9-16-25-13(2)12-27-16)24-11-14-7-4-5-8-15(14)26-18(19,20)21/h4-5,7-8,12H,3,6,9-11H2,1-2H3,(H2,22,23,24). The number of rotatable bonds is 8. The Labute approximate surface area is 160 Å². The first-order valence-corrected chi connectivity index (χ1v) is 9.52. The van der Waals surface area contributed by atoms with Gasteiger partial charge in [-0.3, -0.25) is 0 Å². The van der Waals surface area contributed by atoms with Gasteiger partial charge >= 0.3 is 6.36 Å². The fraction of sp³-hybridized carbons (Fsp3) is 0.444. The number of aryl methyl sites for hydroxylation is 2. The zero-order valence-electron chi connectivity index (χ0n) is 15.3. The lowest BCUT2D eigenvalue weighted by molar-refractivity contribution is -0.274. The molecule has 5 nitrogen and oxygen atoms in total. The summed E-state index contributed by atoms with van der Waals surface area (Å²) in [7, 11) is 0. The van der Waals surface area contributed by atoms with Crippen molar-refractivity contribution in [3.8, 4) is 5.75 Å². The highest BCUT2D eigenvalue weighted by Crippen LogP contribution is 2.26. The van der Waals surface area contributed by atoms with E-state index in [1.165, 1.54) is 12.1 Å². The Morgan fingerprint density at radius 2 is 2.04 bits per heavy atom. The SMILES string of the molecule is CCNC(=NCc1ccccc1OC(F)(F)F)NCCCc1nc(C)cs1. The van der Waals surface area contributed by atoms with Gasteiger partial charge in [-0.1, -0.05) is 18.2 Å². The van der Waals surface area contributed by atoms with Crippen molar-refractivity contribution in [3.63, 3.8) is 0 Å². The maximum Gasteiger partial charge on any atom is 0.573 e. The number of hydrogen-bond donors (Lipinski definition) is 2. The van der Waals surface area contributed by atoms with Crippen molar-refractivity contribution in [2.24, 2.45) is 4.99 Å². The molecule has 2 N–H and O–H groups in total. The number of thiazole rings is 1. The van der Waals surface area contributed by atoms with Crippen molar-refractivity contribution in [2.45, 2.75) is 39.6 Å². The summed E-state index contributed by atoms with van der Waals surface area (Å²) in [4.78, 5) is 8.77. The summed E-state index contributed by atoms with van der Waals surface area (Å²) >= 11 is 1.64. The third-order valence-electron chi connectivity index (χ3n) is 3.48. The number of ether oxygens (including phenoxy) is 1. The van der Waals surface area contributed by atoms with E-state index in [9.17, 15) is 13.2 Å². The van der Waals surface area contributed by atoms with Crippen LogP contribution >= 0.6 is 11.3 Å². The van der Waals surface area contributed by atoms with Crippen molar-refractivity contribution in [1.82, 2.24) is 15.6 Å². The molecule has 2 rings (SSSR count). The van der Waals surface area contributed by atoms with E-state index in [-0.39, 0.29) is 12.3 Å². The van der Waals surface area contributed by atoms with Gasteiger partial charge in [0.05, 0.1) is 11.6 Å². The highest BCUT2D eigenvalue weighted by Gasteiger charge is 2.31. The van der Waals surface area contributed by atoms with Crippen LogP contribution in [0.25, 0.3) is 0 Å². The number of benzene rings is 1. The number of guanidine groups is 1. The Kier molecular flexibility index (Phi) is 7.90. The van der Waals surface area contributed by atoms with Crippen molar-refractivity contribution in [3.05, 3.63) is 45.9 Å². The first kappa shape index (κ1) is 21.0. The second-order valence-corrected chi connectivity index (χ2v) is 6.71. The molecule has 0 saturated carbocycles. The second kappa shape index (κ2) is 10.1. The van der Waals surface area contributed by atoms with E-state index < -0.39 is 6.36 Å². The fourth-order valence-corrected chi connectivity index (χ4v) is 3.15. The van der Waals surface area contributed by atoms with Crippen LogP contribution in [0.2, 0.25) is 0 Å². The van der Waals surface area contributed by atoms with E-state index in [1.807, 2.05) is 19.2 Å². The predicted molar refractivity (Wildman–Crippen MR) is 101 cm³/mol. The van der Waals surface area contributed by atoms with Crippen LogP contribution in [0.5, 0.6) is 5.75 Å². The Morgan fingerprint density at radius 3 is 2.70 bits per heavy atom. The number of nitrogens with one attached hydrogen (secondary N) is 2. The monoisotopic (exact) mass is 400 g/mol. The van der Waals surface area contributed by atoms with E-state index in [1.54, 1.807) is 23.5 Å². The molecule has 0 radical (unpaired) electrons.